The van der Waals surface area contributed by atoms with Gasteiger partial charge in [0.25, 0.3) is 0 Å². The van der Waals surface area contributed by atoms with Crippen LogP contribution in [0.5, 0.6) is 5.88 Å². The van der Waals surface area contributed by atoms with Gasteiger partial charge in [0.05, 0.1) is 36.4 Å². The third-order valence-electron chi connectivity index (χ3n) is 5.20. The lowest BCUT2D eigenvalue weighted by Gasteiger charge is -2.21. The third kappa shape index (κ3) is 2.99. The zero-order valence-corrected chi connectivity index (χ0v) is 17.3. The molecule has 0 radical (unpaired) electrons. The Kier molecular flexibility index (Phi) is 4.06. The maximum atomic E-state index is 5.14. The molecule has 5 rings (SSSR count). The number of methoxy groups -OCH3 is 1. The molecule has 0 saturated heterocycles. The van der Waals surface area contributed by atoms with Crippen molar-refractivity contribution in [3.05, 3.63) is 55.2 Å². The van der Waals surface area contributed by atoms with Crippen LogP contribution in [0.25, 0.3) is 44.6 Å². The van der Waals surface area contributed by atoms with Crippen molar-refractivity contribution in [2.24, 2.45) is 0 Å². The average molecular weight is 398 g/mol. The Morgan fingerprint density at radius 1 is 0.967 bits per heavy atom. The summed E-state index contributed by atoms with van der Waals surface area (Å²) in [6.07, 6.45) is 7.36. The van der Waals surface area contributed by atoms with E-state index in [2.05, 4.69) is 63.5 Å². The van der Waals surface area contributed by atoms with E-state index in [0.717, 1.165) is 44.6 Å². The number of hydrogen-bond acceptors (Lipinski definition) is 5. The van der Waals surface area contributed by atoms with Crippen LogP contribution in [-0.4, -0.2) is 36.6 Å². The molecule has 0 aliphatic heterocycles. The number of H-pyrrole nitrogens is 1. The fraction of sp³-hybridized carbons (Fsp3) is 0.217. The lowest BCUT2D eigenvalue weighted by atomic mass is 10.1. The van der Waals surface area contributed by atoms with Crippen LogP contribution in [0, 0.1) is 0 Å². The molecule has 0 atom stereocenters. The molecule has 0 bridgehead atoms. The molecule has 0 aliphatic rings. The zero-order valence-electron chi connectivity index (χ0n) is 17.3. The van der Waals surface area contributed by atoms with Crippen LogP contribution >= 0.6 is 0 Å². The maximum Gasteiger partial charge on any atom is 0.212 e. The highest BCUT2D eigenvalue weighted by molar-refractivity contribution is 5.94. The predicted molar refractivity (Wildman–Crippen MR) is 117 cm³/mol. The van der Waals surface area contributed by atoms with Crippen molar-refractivity contribution in [2.75, 3.05) is 7.11 Å². The Hall–Kier alpha value is -3.74. The summed E-state index contributed by atoms with van der Waals surface area (Å²) in [5.41, 5.74) is 7.31. The minimum Gasteiger partial charge on any atom is -0.481 e. The number of rotatable bonds is 3. The summed E-state index contributed by atoms with van der Waals surface area (Å²) >= 11 is 0. The minimum atomic E-state index is -0.0536. The topological polar surface area (TPSA) is 81.5 Å². The Labute approximate surface area is 173 Å². The lowest BCUT2D eigenvalue weighted by molar-refractivity contribution is 0.398. The zero-order chi connectivity index (χ0) is 20.9. The number of imidazole rings is 1. The molecule has 0 fully saturated rings. The first-order valence-electron chi connectivity index (χ1n) is 9.76. The van der Waals surface area contributed by atoms with E-state index in [1.54, 1.807) is 19.5 Å². The summed E-state index contributed by atoms with van der Waals surface area (Å²) in [5.74, 6) is 0.568. The van der Waals surface area contributed by atoms with Gasteiger partial charge in [-0.15, -0.1) is 0 Å². The molecule has 1 aromatic carbocycles. The molecule has 0 amide bonds. The van der Waals surface area contributed by atoms with Crippen LogP contribution in [0.3, 0.4) is 0 Å². The van der Waals surface area contributed by atoms with E-state index in [1.165, 1.54) is 0 Å². The first-order valence-corrected chi connectivity index (χ1v) is 9.76. The summed E-state index contributed by atoms with van der Waals surface area (Å²) in [6.45, 7) is 6.52. The van der Waals surface area contributed by atoms with Gasteiger partial charge in [0, 0.05) is 35.1 Å². The van der Waals surface area contributed by atoms with E-state index < -0.39 is 0 Å². The minimum absolute atomic E-state index is 0.0536. The first-order chi connectivity index (χ1) is 14.4. The Bertz CT molecular complexity index is 1360. The van der Waals surface area contributed by atoms with Gasteiger partial charge in [-0.2, -0.15) is 0 Å². The van der Waals surface area contributed by atoms with Crippen molar-refractivity contribution < 1.29 is 4.74 Å². The van der Waals surface area contributed by atoms with Crippen molar-refractivity contribution in [2.45, 2.75) is 26.3 Å². The first kappa shape index (κ1) is 18.3. The Morgan fingerprint density at radius 2 is 1.80 bits per heavy atom. The molecule has 0 aliphatic carbocycles. The molecule has 0 saturated carbocycles. The maximum absolute atomic E-state index is 5.14. The SMILES string of the molecule is COc1ccc(-c2cnc3[nH]cc(-c4ccc5ncn(C(C)(C)C)c5c4)c3n2)cn1. The smallest absolute Gasteiger partial charge is 0.212 e. The molecule has 7 nitrogen and oxygen atoms in total. The molecule has 4 aromatic heterocycles. The lowest BCUT2D eigenvalue weighted by Crippen LogP contribution is -2.20. The van der Waals surface area contributed by atoms with Crippen molar-refractivity contribution >= 4 is 22.2 Å². The van der Waals surface area contributed by atoms with Gasteiger partial charge in [0.15, 0.2) is 5.65 Å². The molecule has 150 valence electrons. The van der Waals surface area contributed by atoms with Crippen LogP contribution < -0.4 is 4.74 Å². The fourth-order valence-corrected chi connectivity index (χ4v) is 3.61. The van der Waals surface area contributed by atoms with Crippen LogP contribution in [0.15, 0.2) is 55.2 Å². The highest BCUT2D eigenvalue weighted by atomic mass is 16.5. The number of benzene rings is 1. The number of nitrogens with one attached hydrogen (secondary N) is 1. The molecule has 1 N–H and O–H groups in total. The van der Waals surface area contributed by atoms with Crippen LogP contribution in [0.4, 0.5) is 0 Å². The van der Waals surface area contributed by atoms with Crippen LogP contribution in [-0.2, 0) is 5.54 Å². The largest absolute Gasteiger partial charge is 0.481 e. The van der Waals surface area contributed by atoms with Crippen molar-refractivity contribution in [1.29, 1.82) is 0 Å². The fourth-order valence-electron chi connectivity index (χ4n) is 3.61. The average Bonchev–Trinajstić information content (AvgIpc) is 3.36. The number of pyridine rings is 1. The number of ether oxygens (including phenoxy) is 1. The van der Waals surface area contributed by atoms with Gasteiger partial charge in [-0.3, -0.25) is 0 Å². The second kappa shape index (κ2) is 6.66. The standard InChI is InChI=1S/C23H22N6O/c1-23(2,3)29-13-27-17-7-5-14(9-19(17)29)16-11-25-22-21(16)28-18(12-26-22)15-6-8-20(30-4)24-10-15/h5-13H,1-4H3,(H,25,26). The molecule has 0 spiro atoms. The van der Waals surface area contributed by atoms with Gasteiger partial charge in [-0.25, -0.2) is 19.9 Å². The highest BCUT2D eigenvalue weighted by Crippen LogP contribution is 2.31. The molecule has 7 heteroatoms. The second-order valence-corrected chi connectivity index (χ2v) is 8.23. The van der Waals surface area contributed by atoms with Gasteiger partial charge in [-0.05, 0) is 44.5 Å². The molecule has 4 heterocycles. The van der Waals surface area contributed by atoms with Gasteiger partial charge < -0.3 is 14.3 Å². The molecular weight excluding hydrogens is 376 g/mol. The van der Waals surface area contributed by atoms with E-state index in [0.29, 0.717) is 5.88 Å². The number of aromatic amines is 1. The van der Waals surface area contributed by atoms with Crippen molar-refractivity contribution in [1.82, 2.24) is 29.5 Å². The summed E-state index contributed by atoms with van der Waals surface area (Å²) in [7, 11) is 1.60. The number of aromatic nitrogens is 6. The highest BCUT2D eigenvalue weighted by Gasteiger charge is 2.18. The van der Waals surface area contributed by atoms with Crippen LogP contribution in [0.2, 0.25) is 0 Å². The quantitative estimate of drug-likeness (QED) is 0.472. The van der Waals surface area contributed by atoms with Gasteiger partial charge in [0.1, 0.15) is 5.52 Å². The number of nitrogens with zero attached hydrogens (tertiary/aromatic N) is 5. The van der Waals surface area contributed by atoms with Gasteiger partial charge in [-0.1, -0.05) is 6.07 Å². The van der Waals surface area contributed by atoms with E-state index in [9.17, 15) is 0 Å². The van der Waals surface area contributed by atoms with E-state index in [1.807, 2.05) is 24.7 Å². The summed E-state index contributed by atoms with van der Waals surface area (Å²) in [5, 5.41) is 0. The monoisotopic (exact) mass is 398 g/mol. The molecule has 5 aromatic rings. The molecule has 0 unspecified atom stereocenters. The number of fused-ring (bicyclic) bond motifs is 2. The summed E-state index contributed by atoms with van der Waals surface area (Å²) < 4.78 is 7.34. The van der Waals surface area contributed by atoms with Crippen molar-refractivity contribution in [3.63, 3.8) is 0 Å². The summed E-state index contributed by atoms with van der Waals surface area (Å²) in [6, 6.07) is 10.0. The predicted octanol–water partition coefficient (Wildman–Crippen LogP) is 4.80. The Balaban J connectivity index is 1.64. The molecular formula is C23H22N6O. The van der Waals surface area contributed by atoms with E-state index in [-0.39, 0.29) is 5.54 Å². The van der Waals surface area contributed by atoms with Gasteiger partial charge >= 0.3 is 0 Å². The van der Waals surface area contributed by atoms with E-state index >= 15 is 0 Å². The van der Waals surface area contributed by atoms with Crippen LogP contribution in [0.1, 0.15) is 20.8 Å². The summed E-state index contributed by atoms with van der Waals surface area (Å²) in [4.78, 5) is 21.5. The third-order valence-corrected chi connectivity index (χ3v) is 5.20. The Morgan fingerprint density at radius 3 is 2.53 bits per heavy atom. The normalized spacial score (nSPS) is 12.0. The second-order valence-electron chi connectivity index (χ2n) is 8.23. The van der Waals surface area contributed by atoms with Gasteiger partial charge in [0.2, 0.25) is 5.88 Å². The van der Waals surface area contributed by atoms with Crippen molar-refractivity contribution in [3.8, 4) is 28.3 Å². The molecule has 30 heavy (non-hydrogen) atoms. The number of hydrogen-bond donors (Lipinski definition) is 1. The van der Waals surface area contributed by atoms with E-state index in [4.69, 9.17) is 9.72 Å².